The van der Waals surface area contributed by atoms with Gasteiger partial charge in [-0.15, -0.1) is 11.3 Å². The second kappa shape index (κ2) is 9.55. The lowest BCUT2D eigenvalue weighted by Gasteiger charge is -2.17. The smallest absolute Gasteiger partial charge is 0.268 e. The molecule has 3 aromatic heterocycles. The largest absolute Gasteiger partial charge is 0.443 e. The number of rotatable bonds is 7. The second-order valence-corrected chi connectivity index (χ2v) is 9.06. The van der Waals surface area contributed by atoms with E-state index in [9.17, 15) is 9.59 Å². The maximum absolute atomic E-state index is 13.0. The quantitative estimate of drug-likeness (QED) is 0.320. The summed E-state index contributed by atoms with van der Waals surface area (Å²) < 4.78 is 7.31. The molecule has 3 heterocycles. The van der Waals surface area contributed by atoms with Crippen molar-refractivity contribution in [1.29, 1.82) is 0 Å². The summed E-state index contributed by atoms with van der Waals surface area (Å²) >= 11 is 1.32. The van der Waals surface area contributed by atoms with Gasteiger partial charge in [0.2, 0.25) is 5.95 Å². The van der Waals surface area contributed by atoms with Gasteiger partial charge in [-0.25, -0.2) is 9.97 Å². The summed E-state index contributed by atoms with van der Waals surface area (Å²) in [5.41, 5.74) is 2.92. The van der Waals surface area contributed by atoms with Gasteiger partial charge >= 0.3 is 0 Å². The molecule has 0 aliphatic rings. The van der Waals surface area contributed by atoms with Crippen LogP contribution < -0.4 is 10.2 Å². The van der Waals surface area contributed by atoms with E-state index in [2.05, 4.69) is 17.2 Å². The molecular weight excluding hydrogens is 462 g/mol. The number of nitrogens with one attached hydrogen (secondary N) is 1. The van der Waals surface area contributed by atoms with Gasteiger partial charge < -0.3 is 13.9 Å². The molecule has 0 unspecified atom stereocenters. The fourth-order valence-electron chi connectivity index (χ4n) is 3.86. The predicted molar refractivity (Wildman–Crippen MR) is 137 cm³/mol. The van der Waals surface area contributed by atoms with E-state index in [1.54, 1.807) is 36.3 Å². The van der Waals surface area contributed by atoms with Gasteiger partial charge in [-0.1, -0.05) is 25.1 Å². The number of carbonyl (C=O) groups excluding carboxylic acids is 2. The summed E-state index contributed by atoms with van der Waals surface area (Å²) in [6, 6.07) is 18.4. The molecule has 1 N–H and O–H groups in total. The number of amides is 2. The summed E-state index contributed by atoms with van der Waals surface area (Å²) in [4.78, 5) is 37.5. The molecule has 0 saturated carbocycles. The lowest BCUT2D eigenvalue weighted by Crippen LogP contribution is -2.26. The minimum absolute atomic E-state index is 0.105. The molecule has 0 aliphatic carbocycles. The van der Waals surface area contributed by atoms with E-state index in [0.29, 0.717) is 34.2 Å². The molecule has 0 atom stereocenters. The van der Waals surface area contributed by atoms with Crippen molar-refractivity contribution in [3.05, 3.63) is 83.7 Å². The average molecular weight is 486 g/mol. The molecule has 0 fully saturated rings. The number of thiophene rings is 1. The van der Waals surface area contributed by atoms with Crippen LogP contribution in [0.15, 0.2) is 77.7 Å². The van der Waals surface area contributed by atoms with Gasteiger partial charge in [0.15, 0.2) is 12.2 Å². The highest BCUT2D eigenvalue weighted by molar-refractivity contribution is 7.17. The van der Waals surface area contributed by atoms with Gasteiger partial charge in [-0.2, -0.15) is 0 Å². The highest BCUT2D eigenvalue weighted by atomic mass is 32.1. The first-order valence-corrected chi connectivity index (χ1v) is 12.0. The van der Waals surface area contributed by atoms with Crippen LogP contribution in [0, 0.1) is 0 Å². The predicted octanol–water partition coefficient (Wildman–Crippen LogP) is 5.69. The molecule has 2 aromatic carbocycles. The van der Waals surface area contributed by atoms with Crippen molar-refractivity contribution >= 4 is 45.8 Å². The lowest BCUT2D eigenvalue weighted by molar-refractivity contribution is 0.0991. The van der Waals surface area contributed by atoms with Crippen molar-refractivity contribution in [1.82, 2.24) is 14.5 Å². The van der Waals surface area contributed by atoms with Crippen LogP contribution in [0.1, 0.15) is 33.4 Å². The van der Waals surface area contributed by atoms with Crippen LogP contribution in [-0.2, 0) is 6.54 Å². The molecule has 0 bridgehead atoms. The van der Waals surface area contributed by atoms with Crippen LogP contribution in [0.5, 0.6) is 0 Å². The van der Waals surface area contributed by atoms with Gasteiger partial charge in [0.25, 0.3) is 11.8 Å². The van der Waals surface area contributed by atoms with E-state index >= 15 is 0 Å². The van der Waals surface area contributed by atoms with Crippen LogP contribution in [0.2, 0.25) is 0 Å². The summed E-state index contributed by atoms with van der Waals surface area (Å²) in [5.74, 6) is 0.737. The molecule has 0 aliphatic heterocycles. The molecule has 176 valence electrons. The fraction of sp³-hybridized carbons (Fsp3) is 0.154. The van der Waals surface area contributed by atoms with Crippen LogP contribution in [0.4, 0.5) is 11.6 Å². The van der Waals surface area contributed by atoms with Gasteiger partial charge in [-0.05, 0) is 48.9 Å². The molecule has 8 nitrogen and oxygen atoms in total. The van der Waals surface area contributed by atoms with Crippen LogP contribution in [-0.4, -0.2) is 33.4 Å². The SMILES string of the molecule is CCCn1c(NC(=O)c2ccc(-c3cnco3)s2)nc2cc(N(C)C(=O)c3ccccc3)ccc21. The molecule has 35 heavy (non-hydrogen) atoms. The molecule has 5 rings (SSSR count). The van der Waals surface area contributed by atoms with Crippen molar-refractivity contribution < 1.29 is 14.0 Å². The highest BCUT2D eigenvalue weighted by Gasteiger charge is 2.19. The van der Waals surface area contributed by atoms with E-state index < -0.39 is 0 Å². The number of carbonyl (C=O) groups is 2. The van der Waals surface area contributed by atoms with E-state index in [4.69, 9.17) is 9.40 Å². The first-order valence-electron chi connectivity index (χ1n) is 11.2. The van der Waals surface area contributed by atoms with E-state index in [0.717, 1.165) is 22.5 Å². The number of oxazole rings is 1. The summed E-state index contributed by atoms with van der Waals surface area (Å²) in [5, 5.41) is 2.95. The number of hydrogen-bond donors (Lipinski definition) is 1. The van der Waals surface area contributed by atoms with Crippen molar-refractivity contribution in [3.63, 3.8) is 0 Å². The van der Waals surface area contributed by atoms with Crippen LogP contribution in [0.3, 0.4) is 0 Å². The maximum atomic E-state index is 13.0. The molecular formula is C26H23N5O3S. The zero-order chi connectivity index (χ0) is 24.4. The number of aryl methyl sites for hydroxylation is 1. The Morgan fingerprint density at radius 3 is 2.69 bits per heavy atom. The Kier molecular flexibility index (Phi) is 6.15. The van der Waals surface area contributed by atoms with E-state index in [1.165, 1.54) is 17.7 Å². The highest BCUT2D eigenvalue weighted by Crippen LogP contribution is 2.29. The van der Waals surface area contributed by atoms with Crippen molar-refractivity contribution in [2.45, 2.75) is 19.9 Å². The number of benzene rings is 2. The molecule has 2 amide bonds. The third-order valence-corrected chi connectivity index (χ3v) is 6.72. The van der Waals surface area contributed by atoms with Crippen molar-refractivity contribution in [2.75, 3.05) is 17.3 Å². The molecule has 9 heteroatoms. The Hall–Kier alpha value is -4.24. The minimum Gasteiger partial charge on any atom is -0.443 e. The Labute approximate surface area is 205 Å². The number of imidazole rings is 1. The van der Waals surface area contributed by atoms with Gasteiger partial charge in [-0.3, -0.25) is 14.9 Å². The Balaban J connectivity index is 1.42. The number of fused-ring (bicyclic) bond motifs is 1. The van der Waals surface area contributed by atoms with Gasteiger partial charge in [0.1, 0.15) is 0 Å². The van der Waals surface area contributed by atoms with E-state index in [-0.39, 0.29) is 11.8 Å². The third-order valence-electron chi connectivity index (χ3n) is 5.62. The van der Waals surface area contributed by atoms with Gasteiger partial charge in [0, 0.05) is 24.8 Å². The molecule has 0 saturated heterocycles. The number of hydrogen-bond acceptors (Lipinski definition) is 6. The Morgan fingerprint density at radius 1 is 1.11 bits per heavy atom. The van der Waals surface area contributed by atoms with Crippen LogP contribution in [0.25, 0.3) is 21.7 Å². The van der Waals surface area contributed by atoms with Crippen LogP contribution >= 0.6 is 11.3 Å². The first-order chi connectivity index (χ1) is 17.0. The Morgan fingerprint density at radius 2 is 1.94 bits per heavy atom. The molecule has 5 aromatic rings. The van der Waals surface area contributed by atoms with Gasteiger partial charge in [0.05, 0.1) is 27.0 Å². The molecule has 0 radical (unpaired) electrons. The number of aromatic nitrogens is 3. The normalized spacial score (nSPS) is 11.0. The lowest BCUT2D eigenvalue weighted by atomic mass is 10.2. The maximum Gasteiger partial charge on any atom is 0.268 e. The third kappa shape index (κ3) is 4.45. The number of nitrogens with zero attached hydrogens (tertiary/aromatic N) is 4. The zero-order valence-corrected chi connectivity index (χ0v) is 20.1. The summed E-state index contributed by atoms with van der Waals surface area (Å²) in [6.45, 7) is 2.76. The fourth-order valence-corrected chi connectivity index (χ4v) is 4.71. The topological polar surface area (TPSA) is 93.3 Å². The standard InChI is InChI=1S/C26H23N5O3S/c1-3-13-31-20-10-9-18(30(2)25(33)17-7-5-4-6-8-17)14-19(20)28-26(31)29-24(32)23-12-11-22(35-23)21-15-27-16-34-21/h4-12,14-16H,3,13H2,1-2H3,(H,28,29,32). The minimum atomic E-state index is -0.245. The Bertz CT molecular complexity index is 1490. The number of anilines is 2. The zero-order valence-electron chi connectivity index (χ0n) is 19.3. The summed E-state index contributed by atoms with van der Waals surface area (Å²) in [7, 11) is 1.74. The van der Waals surface area contributed by atoms with Crippen molar-refractivity contribution in [2.24, 2.45) is 0 Å². The first kappa shape index (κ1) is 22.5. The van der Waals surface area contributed by atoms with E-state index in [1.807, 2.05) is 47.0 Å². The monoisotopic (exact) mass is 485 g/mol. The summed E-state index contributed by atoms with van der Waals surface area (Å²) in [6.07, 6.45) is 3.85. The molecule has 0 spiro atoms. The average Bonchev–Trinajstić information content (AvgIpc) is 3.64. The van der Waals surface area contributed by atoms with Crippen molar-refractivity contribution in [3.8, 4) is 10.6 Å². The second-order valence-electron chi connectivity index (χ2n) is 7.97.